The molecule has 1 atom stereocenters. The molecule has 1 N–H and O–H groups in total. The van der Waals surface area contributed by atoms with Gasteiger partial charge in [-0.05, 0) is 29.5 Å². The van der Waals surface area contributed by atoms with Crippen molar-refractivity contribution in [3.63, 3.8) is 0 Å². The molecule has 0 aliphatic heterocycles. The molecule has 0 spiro atoms. The molecule has 0 aliphatic rings. The van der Waals surface area contributed by atoms with E-state index in [1.807, 2.05) is 48.7 Å². The van der Waals surface area contributed by atoms with Crippen LogP contribution >= 0.6 is 11.3 Å². The number of hydrogen-bond donors (Lipinski definition) is 1. The first-order chi connectivity index (χ1) is 10.1. The number of esters is 1. The molecule has 5 heteroatoms. The van der Waals surface area contributed by atoms with Crippen LogP contribution in [0.1, 0.15) is 20.8 Å². The predicted molar refractivity (Wildman–Crippen MR) is 82.5 cm³/mol. The van der Waals surface area contributed by atoms with Crippen molar-refractivity contribution in [2.45, 2.75) is 19.4 Å². The summed E-state index contributed by atoms with van der Waals surface area (Å²) in [5.74, 6) is -0.685. The zero-order valence-electron chi connectivity index (χ0n) is 12.0. The summed E-state index contributed by atoms with van der Waals surface area (Å²) in [6, 6.07) is 10.7. The summed E-state index contributed by atoms with van der Waals surface area (Å²) in [6.07, 6.45) is 0.406. The van der Waals surface area contributed by atoms with E-state index in [0.717, 1.165) is 11.1 Å². The van der Waals surface area contributed by atoms with Crippen molar-refractivity contribution in [3.05, 3.63) is 57.8 Å². The SMILES string of the molecule is COC(=O)C(Cc1ccccc1)NC(=O)c1sccc1C. The normalized spacial score (nSPS) is 11.7. The Bertz CT molecular complexity index is 621. The lowest BCUT2D eigenvalue weighted by molar-refractivity contribution is -0.142. The molecule has 0 saturated carbocycles. The van der Waals surface area contributed by atoms with Crippen LogP contribution in [0.15, 0.2) is 41.8 Å². The summed E-state index contributed by atoms with van der Waals surface area (Å²) in [5, 5.41) is 4.61. The molecule has 1 amide bonds. The maximum Gasteiger partial charge on any atom is 0.328 e. The molecule has 21 heavy (non-hydrogen) atoms. The third-order valence-electron chi connectivity index (χ3n) is 3.14. The number of carbonyl (C=O) groups excluding carboxylic acids is 2. The van der Waals surface area contributed by atoms with Gasteiger partial charge in [0, 0.05) is 6.42 Å². The third kappa shape index (κ3) is 3.92. The van der Waals surface area contributed by atoms with Crippen molar-refractivity contribution in [2.24, 2.45) is 0 Å². The van der Waals surface area contributed by atoms with Crippen LogP contribution in [0.25, 0.3) is 0 Å². The largest absolute Gasteiger partial charge is 0.467 e. The highest BCUT2D eigenvalue weighted by atomic mass is 32.1. The standard InChI is InChI=1S/C16H17NO3S/c1-11-8-9-21-14(11)15(18)17-13(16(19)20-2)10-12-6-4-3-5-7-12/h3-9,13H,10H2,1-2H3,(H,17,18). The highest BCUT2D eigenvalue weighted by Gasteiger charge is 2.23. The summed E-state index contributed by atoms with van der Waals surface area (Å²) >= 11 is 1.36. The summed E-state index contributed by atoms with van der Waals surface area (Å²) in [5.41, 5.74) is 1.87. The highest BCUT2D eigenvalue weighted by Crippen LogP contribution is 2.16. The minimum atomic E-state index is -0.689. The molecule has 0 bridgehead atoms. The second-order valence-electron chi connectivity index (χ2n) is 4.67. The Morgan fingerprint density at radius 3 is 2.52 bits per heavy atom. The molecule has 110 valence electrons. The second kappa shape index (κ2) is 7.04. The van der Waals surface area contributed by atoms with Gasteiger partial charge in [-0.3, -0.25) is 4.79 Å². The van der Waals surface area contributed by atoms with Crippen LogP contribution in [0.2, 0.25) is 0 Å². The van der Waals surface area contributed by atoms with E-state index in [-0.39, 0.29) is 5.91 Å². The fraction of sp³-hybridized carbons (Fsp3) is 0.250. The summed E-state index contributed by atoms with van der Waals surface area (Å²) in [7, 11) is 1.32. The van der Waals surface area contributed by atoms with Gasteiger partial charge in [0.05, 0.1) is 12.0 Å². The number of thiophene rings is 1. The van der Waals surface area contributed by atoms with Crippen LogP contribution in [0.3, 0.4) is 0 Å². The molecule has 0 fully saturated rings. The predicted octanol–water partition coefficient (Wildman–Crippen LogP) is 2.57. The van der Waals surface area contributed by atoms with Gasteiger partial charge in [0.15, 0.2) is 0 Å². The Balaban J connectivity index is 2.12. The molecule has 1 aromatic carbocycles. The molecular weight excluding hydrogens is 286 g/mol. The van der Waals surface area contributed by atoms with Gasteiger partial charge in [-0.2, -0.15) is 0 Å². The molecule has 2 rings (SSSR count). The van der Waals surface area contributed by atoms with Gasteiger partial charge in [-0.15, -0.1) is 11.3 Å². The maximum absolute atomic E-state index is 12.2. The van der Waals surface area contributed by atoms with E-state index in [1.54, 1.807) is 0 Å². The van der Waals surface area contributed by atoms with Crippen molar-refractivity contribution in [3.8, 4) is 0 Å². The maximum atomic E-state index is 12.2. The molecule has 1 unspecified atom stereocenters. The Morgan fingerprint density at radius 1 is 1.24 bits per heavy atom. The van der Waals surface area contributed by atoms with Crippen LogP contribution in [0.5, 0.6) is 0 Å². The monoisotopic (exact) mass is 303 g/mol. The Morgan fingerprint density at radius 2 is 1.95 bits per heavy atom. The summed E-state index contributed by atoms with van der Waals surface area (Å²) in [6.45, 7) is 1.87. The molecule has 0 saturated heterocycles. The zero-order chi connectivity index (χ0) is 15.2. The van der Waals surface area contributed by atoms with Crippen LogP contribution < -0.4 is 5.32 Å². The third-order valence-corrected chi connectivity index (χ3v) is 4.16. The molecule has 1 heterocycles. The average Bonchev–Trinajstić information content (AvgIpc) is 2.93. The van der Waals surface area contributed by atoms with Crippen molar-refractivity contribution in [1.82, 2.24) is 5.32 Å². The minimum absolute atomic E-state index is 0.242. The fourth-order valence-corrected chi connectivity index (χ4v) is 2.84. The molecule has 2 aromatic rings. The Labute approximate surface area is 127 Å². The molecule has 0 aliphatic carbocycles. The van der Waals surface area contributed by atoms with E-state index < -0.39 is 12.0 Å². The van der Waals surface area contributed by atoms with E-state index in [2.05, 4.69) is 5.32 Å². The highest BCUT2D eigenvalue weighted by molar-refractivity contribution is 7.12. The average molecular weight is 303 g/mol. The molecule has 1 aromatic heterocycles. The Kier molecular flexibility index (Phi) is 5.11. The first-order valence-electron chi connectivity index (χ1n) is 6.58. The zero-order valence-corrected chi connectivity index (χ0v) is 12.8. The van der Waals surface area contributed by atoms with E-state index in [0.29, 0.717) is 11.3 Å². The second-order valence-corrected chi connectivity index (χ2v) is 5.59. The van der Waals surface area contributed by atoms with E-state index in [9.17, 15) is 9.59 Å². The first-order valence-corrected chi connectivity index (χ1v) is 7.46. The topological polar surface area (TPSA) is 55.4 Å². The van der Waals surface area contributed by atoms with E-state index in [4.69, 9.17) is 4.74 Å². The lowest BCUT2D eigenvalue weighted by atomic mass is 10.1. The lowest BCUT2D eigenvalue weighted by Crippen LogP contribution is -2.43. The first kappa shape index (κ1) is 15.3. The van der Waals surface area contributed by atoms with Gasteiger partial charge in [0.1, 0.15) is 6.04 Å². The number of benzene rings is 1. The molecule has 0 radical (unpaired) electrons. The van der Waals surface area contributed by atoms with Crippen LogP contribution in [0, 0.1) is 6.92 Å². The lowest BCUT2D eigenvalue weighted by Gasteiger charge is -2.16. The van der Waals surface area contributed by atoms with Gasteiger partial charge in [-0.25, -0.2) is 4.79 Å². The van der Waals surface area contributed by atoms with Crippen molar-refractivity contribution >= 4 is 23.2 Å². The van der Waals surface area contributed by atoms with Crippen molar-refractivity contribution in [2.75, 3.05) is 7.11 Å². The number of hydrogen-bond acceptors (Lipinski definition) is 4. The van der Waals surface area contributed by atoms with Crippen molar-refractivity contribution < 1.29 is 14.3 Å². The van der Waals surface area contributed by atoms with E-state index in [1.165, 1.54) is 18.4 Å². The molecular formula is C16H17NO3S. The fourth-order valence-electron chi connectivity index (χ4n) is 2.01. The quantitative estimate of drug-likeness (QED) is 0.864. The van der Waals surface area contributed by atoms with Crippen LogP contribution in [0.4, 0.5) is 0 Å². The summed E-state index contributed by atoms with van der Waals surface area (Å²) in [4.78, 5) is 24.7. The summed E-state index contributed by atoms with van der Waals surface area (Å²) < 4.78 is 4.78. The number of amides is 1. The number of aryl methyl sites for hydroxylation is 1. The number of rotatable bonds is 5. The van der Waals surface area contributed by atoms with Crippen LogP contribution in [-0.4, -0.2) is 25.0 Å². The number of carbonyl (C=O) groups is 2. The van der Waals surface area contributed by atoms with Gasteiger partial charge in [0.2, 0.25) is 0 Å². The number of methoxy groups -OCH3 is 1. The smallest absolute Gasteiger partial charge is 0.328 e. The van der Waals surface area contributed by atoms with Crippen LogP contribution in [-0.2, 0) is 16.0 Å². The Hall–Kier alpha value is -2.14. The van der Waals surface area contributed by atoms with Crippen molar-refractivity contribution in [1.29, 1.82) is 0 Å². The van der Waals surface area contributed by atoms with Gasteiger partial charge in [-0.1, -0.05) is 30.3 Å². The van der Waals surface area contributed by atoms with Gasteiger partial charge in [0.25, 0.3) is 5.91 Å². The van der Waals surface area contributed by atoms with Gasteiger partial charge < -0.3 is 10.1 Å². The number of nitrogens with one attached hydrogen (secondary N) is 1. The van der Waals surface area contributed by atoms with Gasteiger partial charge >= 0.3 is 5.97 Å². The molecule has 4 nitrogen and oxygen atoms in total. The number of ether oxygens (including phenoxy) is 1. The minimum Gasteiger partial charge on any atom is -0.467 e. The van der Waals surface area contributed by atoms with E-state index >= 15 is 0 Å².